The summed E-state index contributed by atoms with van der Waals surface area (Å²) in [4.78, 5) is -0.244. The molecule has 1 saturated heterocycles. The van der Waals surface area contributed by atoms with Gasteiger partial charge in [0, 0.05) is 13.1 Å². The quantitative estimate of drug-likeness (QED) is 0.687. The molecule has 0 unspecified atom stereocenters. The van der Waals surface area contributed by atoms with Crippen molar-refractivity contribution in [2.24, 2.45) is 0 Å². The minimum absolute atomic E-state index is 0.00874. The average Bonchev–Trinajstić information content (AvgIpc) is 3.25. The highest BCUT2D eigenvalue weighted by molar-refractivity contribution is 7.91. The number of halogens is 3. The molecule has 0 radical (unpaired) electrons. The van der Waals surface area contributed by atoms with Crippen LogP contribution in [0.25, 0.3) is 0 Å². The molecule has 154 valence electrons. The first-order valence-electron chi connectivity index (χ1n) is 8.07. The van der Waals surface area contributed by atoms with E-state index in [-0.39, 0.29) is 35.9 Å². The highest BCUT2D eigenvalue weighted by Gasteiger charge is 2.39. The Morgan fingerprint density at radius 2 is 1.79 bits per heavy atom. The van der Waals surface area contributed by atoms with Gasteiger partial charge in [-0.15, -0.1) is 13.2 Å². The molecule has 0 spiro atoms. The molecule has 1 atom stereocenters. The fourth-order valence-corrected chi connectivity index (χ4v) is 6.14. The molecule has 0 bridgehead atoms. The Morgan fingerprint density at radius 3 is 2.36 bits per heavy atom. The maximum absolute atomic E-state index is 12.7. The second kappa shape index (κ2) is 7.41. The summed E-state index contributed by atoms with van der Waals surface area (Å²) in [5, 5.41) is -0.889. The largest absolute Gasteiger partial charge is 0.573 e. The standard InChI is InChI=1S/C16H16F3NO6S2/c17-16(18,19)26-12-3-5-14(6-4-12)28(23,24)20-8-7-15(10-20)27(21,22)11-13-2-1-9-25-13/h1-6,9,15H,7-8,10-11H2/t15-/m0/s1. The lowest BCUT2D eigenvalue weighted by Gasteiger charge is -2.17. The van der Waals surface area contributed by atoms with E-state index in [2.05, 4.69) is 4.74 Å². The van der Waals surface area contributed by atoms with Crippen molar-refractivity contribution in [1.82, 2.24) is 4.31 Å². The van der Waals surface area contributed by atoms with E-state index in [9.17, 15) is 30.0 Å². The van der Waals surface area contributed by atoms with E-state index in [1.54, 1.807) is 6.07 Å². The van der Waals surface area contributed by atoms with Crippen LogP contribution in [0.4, 0.5) is 13.2 Å². The monoisotopic (exact) mass is 439 g/mol. The number of ether oxygens (including phenoxy) is 1. The number of alkyl halides is 3. The highest BCUT2D eigenvalue weighted by Crippen LogP contribution is 2.28. The second-order valence-corrected chi connectivity index (χ2v) is 10.4. The smallest absolute Gasteiger partial charge is 0.468 e. The van der Waals surface area contributed by atoms with E-state index in [0.29, 0.717) is 0 Å². The molecule has 0 amide bonds. The first kappa shape index (κ1) is 20.7. The Labute approximate surface area is 159 Å². The number of rotatable bonds is 6. The van der Waals surface area contributed by atoms with Crippen molar-refractivity contribution in [3.05, 3.63) is 48.4 Å². The summed E-state index contributed by atoms with van der Waals surface area (Å²) in [5.74, 6) is -0.615. The third kappa shape index (κ3) is 4.67. The number of hydrogen-bond donors (Lipinski definition) is 0. The van der Waals surface area contributed by atoms with E-state index >= 15 is 0 Å². The Kier molecular flexibility index (Phi) is 5.47. The van der Waals surface area contributed by atoms with Crippen LogP contribution in [0.1, 0.15) is 12.2 Å². The summed E-state index contributed by atoms with van der Waals surface area (Å²) in [5.41, 5.74) is 0. The van der Waals surface area contributed by atoms with E-state index in [0.717, 1.165) is 28.6 Å². The summed E-state index contributed by atoms with van der Waals surface area (Å²) < 4.78 is 96.7. The molecule has 0 N–H and O–H groups in total. The molecule has 1 aromatic carbocycles. The lowest BCUT2D eigenvalue weighted by Crippen LogP contribution is -2.32. The maximum atomic E-state index is 12.7. The number of hydrogen-bond acceptors (Lipinski definition) is 6. The van der Waals surface area contributed by atoms with Crippen molar-refractivity contribution in [1.29, 1.82) is 0 Å². The van der Waals surface area contributed by atoms with Crippen LogP contribution < -0.4 is 4.74 Å². The van der Waals surface area contributed by atoms with Gasteiger partial charge >= 0.3 is 6.36 Å². The van der Waals surface area contributed by atoms with Crippen molar-refractivity contribution in [3.8, 4) is 5.75 Å². The van der Waals surface area contributed by atoms with E-state index in [4.69, 9.17) is 4.42 Å². The number of nitrogens with zero attached hydrogens (tertiary/aromatic N) is 1. The Balaban J connectivity index is 1.71. The average molecular weight is 439 g/mol. The van der Waals surface area contributed by atoms with Crippen molar-refractivity contribution >= 4 is 19.9 Å². The second-order valence-electron chi connectivity index (χ2n) is 6.18. The van der Waals surface area contributed by atoms with Crippen molar-refractivity contribution in [2.45, 2.75) is 28.7 Å². The lowest BCUT2D eigenvalue weighted by atomic mass is 10.3. The third-order valence-corrected chi connectivity index (χ3v) is 8.20. The van der Waals surface area contributed by atoms with E-state index in [1.165, 1.54) is 12.3 Å². The fourth-order valence-electron chi connectivity index (χ4n) is 2.88. The summed E-state index contributed by atoms with van der Waals surface area (Å²) in [6.45, 7) is -0.239. The Morgan fingerprint density at radius 1 is 1.11 bits per heavy atom. The van der Waals surface area contributed by atoms with Crippen LogP contribution in [0.2, 0.25) is 0 Å². The number of sulfonamides is 1. The zero-order valence-corrected chi connectivity index (χ0v) is 15.9. The Hall–Kier alpha value is -2.05. The van der Waals surface area contributed by atoms with Crippen LogP contribution >= 0.6 is 0 Å². The van der Waals surface area contributed by atoms with Crippen molar-refractivity contribution < 1.29 is 39.2 Å². The molecular formula is C16H16F3NO6S2. The van der Waals surface area contributed by atoms with Crippen LogP contribution in [-0.4, -0.2) is 45.8 Å². The predicted octanol–water partition coefficient (Wildman–Crippen LogP) is 2.56. The predicted molar refractivity (Wildman–Crippen MR) is 91.6 cm³/mol. The summed E-state index contributed by atoms with van der Waals surface area (Å²) in [7, 11) is -7.68. The number of benzene rings is 1. The minimum Gasteiger partial charge on any atom is -0.468 e. The van der Waals surface area contributed by atoms with Crippen LogP contribution in [0.15, 0.2) is 52.0 Å². The Bertz CT molecular complexity index is 1020. The van der Waals surface area contributed by atoms with Gasteiger partial charge in [-0.25, -0.2) is 16.8 Å². The molecule has 2 aromatic rings. The minimum atomic E-state index is -4.88. The SMILES string of the molecule is O=S(=O)(Cc1ccco1)[C@H]1CCN(S(=O)(=O)c2ccc(OC(F)(F)F)cc2)C1. The molecule has 28 heavy (non-hydrogen) atoms. The molecule has 1 aromatic heterocycles. The molecule has 2 heterocycles. The lowest BCUT2D eigenvalue weighted by molar-refractivity contribution is -0.274. The van der Waals surface area contributed by atoms with Gasteiger partial charge in [-0.05, 0) is 42.8 Å². The van der Waals surface area contributed by atoms with Gasteiger partial charge in [0.2, 0.25) is 10.0 Å². The topological polar surface area (TPSA) is 93.9 Å². The van der Waals surface area contributed by atoms with Gasteiger partial charge in [0.05, 0.1) is 16.4 Å². The highest BCUT2D eigenvalue weighted by atomic mass is 32.2. The molecule has 0 aliphatic carbocycles. The molecule has 0 saturated carbocycles. The van der Waals surface area contributed by atoms with Gasteiger partial charge in [0.15, 0.2) is 9.84 Å². The third-order valence-electron chi connectivity index (χ3n) is 4.23. The van der Waals surface area contributed by atoms with Gasteiger partial charge in [-0.1, -0.05) is 0 Å². The molecule has 7 nitrogen and oxygen atoms in total. The van der Waals surface area contributed by atoms with Gasteiger partial charge in [-0.3, -0.25) is 0 Å². The molecular weight excluding hydrogens is 423 g/mol. The first-order valence-corrected chi connectivity index (χ1v) is 11.2. The summed E-state index contributed by atoms with van der Waals surface area (Å²) in [6, 6.07) is 6.83. The van der Waals surface area contributed by atoms with Crippen molar-refractivity contribution in [3.63, 3.8) is 0 Å². The number of furan rings is 1. The van der Waals surface area contributed by atoms with Gasteiger partial charge in [0.25, 0.3) is 0 Å². The molecule has 1 fully saturated rings. The van der Waals surface area contributed by atoms with Gasteiger partial charge < -0.3 is 9.15 Å². The fraction of sp³-hybridized carbons (Fsp3) is 0.375. The van der Waals surface area contributed by atoms with E-state index in [1.807, 2.05) is 0 Å². The van der Waals surface area contributed by atoms with Crippen LogP contribution in [0, 0.1) is 0 Å². The van der Waals surface area contributed by atoms with Crippen LogP contribution in [0.5, 0.6) is 5.75 Å². The number of sulfone groups is 1. The van der Waals surface area contributed by atoms with Gasteiger partial charge in [-0.2, -0.15) is 4.31 Å². The van der Waals surface area contributed by atoms with Crippen molar-refractivity contribution in [2.75, 3.05) is 13.1 Å². The maximum Gasteiger partial charge on any atom is 0.573 e. The van der Waals surface area contributed by atoms with Gasteiger partial charge in [0.1, 0.15) is 17.3 Å². The normalized spacial score (nSPS) is 19.0. The summed E-state index contributed by atoms with van der Waals surface area (Å²) in [6.07, 6.45) is -3.41. The molecule has 12 heteroatoms. The summed E-state index contributed by atoms with van der Waals surface area (Å²) >= 11 is 0. The van der Waals surface area contributed by atoms with E-state index < -0.39 is 37.2 Å². The molecule has 3 rings (SSSR count). The molecule has 1 aliphatic rings. The zero-order chi connectivity index (χ0) is 20.6. The van der Waals surface area contributed by atoms with Crippen LogP contribution in [0.3, 0.4) is 0 Å². The first-order chi connectivity index (χ1) is 13.0. The molecule has 1 aliphatic heterocycles. The zero-order valence-electron chi connectivity index (χ0n) is 14.3. The van der Waals surface area contributed by atoms with Crippen LogP contribution in [-0.2, 0) is 25.6 Å².